The standard InChI is InChI=1S/C16H23ClN2O2/c1-3-14(12-6-8-13(17)9-7-12)19-16(20)18-11(2)15-5-4-10-21-15/h6-9,11,14-15H,3-5,10H2,1-2H3,(H2,18,19,20). The number of halogens is 1. The van der Waals surface area contributed by atoms with Gasteiger partial charge in [0.1, 0.15) is 0 Å². The molecule has 0 bridgehead atoms. The van der Waals surface area contributed by atoms with E-state index in [0.717, 1.165) is 31.4 Å². The van der Waals surface area contributed by atoms with E-state index < -0.39 is 0 Å². The molecule has 1 aliphatic rings. The van der Waals surface area contributed by atoms with E-state index in [1.54, 1.807) is 0 Å². The minimum atomic E-state index is -0.153. The number of carbonyl (C=O) groups is 1. The molecule has 0 aliphatic carbocycles. The molecule has 1 fully saturated rings. The molecule has 1 saturated heterocycles. The molecule has 2 rings (SSSR count). The van der Waals surface area contributed by atoms with Crippen LogP contribution in [0.15, 0.2) is 24.3 Å². The number of ether oxygens (including phenoxy) is 1. The Hall–Kier alpha value is -1.26. The third kappa shape index (κ3) is 4.61. The van der Waals surface area contributed by atoms with Crippen LogP contribution in [-0.2, 0) is 4.74 Å². The van der Waals surface area contributed by atoms with E-state index in [0.29, 0.717) is 5.02 Å². The number of benzene rings is 1. The van der Waals surface area contributed by atoms with Crippen LogP contribution in [0, 0.1) is 0 Å². The maximum Gasteiger partial charge on any atom is 0.315 e. The van der Waals surface area contributed by atoms with Crippen molar-refractivity contribution in [1.29, 1.82) is 0 Å². The number of urea groups is 1. The fourth-order valence-electron chi connectivity index (χ4n) is 2.61. The summed E-state index contributed by atoms with van der Waals surface area (Å²) in [5.41, 5.74) is 1.06. The minimum Gasteiger partial charge on any atom is -0.376 e. The molecule has 1 heterocycles. The van der Waals surface area contributed by atoms with Crippen LogP contribution in [0.2, 0.25) is 5.02 Å². The van der Waals surface area contributed by atoms with Crippen LogP contribution in [0.3, 0.4) is 0 Å². The lowest BCUT2D eigenvalue weighted by atomic mass is 10.0. The first-order chi connectivity index (χ1) is 10.1. The molecule has 4 nitrogen and oxygen atoms in total. The second-order valence-corrected chi connectivity index (χ2v) is 5.91. The van der Waals surface area contributed by atoms with Gasteiger partial charge in [0.05, 0.1) is 18.2 Å². The van der Waals surface area contributed by atoms with Gasteiger partial charge < -0.3 is 15.4 Å². The lowest BCUT2D eigenvalue weighted by molar-refractivity contribution is 0.0858. The lowest BCUT2D eigenvalue weighted by Gasteiger charge is -2.23. The Bertz CT molecular complexity index is 458. The van der Waals surface area contributed by atoms with Crippen LogP contribution in [0.4, 0.5) is 4.79 Å². The van der Waals surface area contributed by atoms with E-state index in [1.807, 2.05) is 38.1 Å². The first-order valence-electron chi connectivity index (χ1n) is 7.54. The number of hydrogen-bond acceptors (Lipinski definition) is 2. The van der Waals surface area contributed by atoms with Crippen molar-refractivity contribution in [3.8, 4) is 0 Å². The molecule has 2 amide bonds. The third-order valence-electron chi connectivity index (χ3n) is 3.87. The SMILES string of the molecule is CCC(NC(=O)NC(C)C1CCCO1)c1ccc(Cl)cc1. The quantitative estimate of drug-likeness (QED) is 0.872. The van der Waals surface area contributed by atoms with Crippen LogP contribution >= 0.6 is 11.6 Å². The summed E-state index contributed by atoms with van der Waals surface area (Å²) in [5.74, 6) is 0. The highest BCUT2D eigenvalue weighted by Crippen LogP contribution is 2.19. The minimum absolute atomic E-state index is 0.0148. The zero-order chi connectivity index (χ0) is 15.2. The van der Waals surface area contributed by atoms with Crippen molar-refractivity contribution in [2.45, 2.75) is 51.3 Å². The van der Waals surface area contributed by atoms with Crippen molar-refractivity contribution >= 4 is 17.6 Å². The average molecular weight is 311 g/mol. The Balaban J connectivity index is 1.88. The Morgan fingerprint density at radius 3 is 2.67 bits per heavy atom. The summed E-state index contributed by atoms with van der Waals surface area (Å²) in [4.78, 5) is 12.1. The van der Waals surface area contributed by atoms with Crippen molar-refractivity contribution < 1.29 is 9.53 Å². The molecule has 1 aromatic rings. The number of amides is 2. The van der Waals surface area contributed by atoms with Gasteiger partial charge in [-0.25, -0.2) is 4.79 Å². The highest BCUT2D eigenvalue weighted by molar-refractivity contribution is 6.30. The molecular weight excluding hydrogens is 288 g/mol. The molecule has 21 heavy (non-hydrogen) atoms. The van der Waals surface area contributed by atoms with Gasteiger partial charge in [-0.3, -0.25) is 0 Å². The van der Waals surface area contributed by atoms with Crippen molar-refractivity contribution in [3.63, 3.8) is 0 Å². The average Bonchev–Trinajstić information content (AvgIpc) is 3.00. The summed E-state index contributed by atoms with van der Waals surface area (Å²) in [7, 11) is 0. The largest absolute Gasteiger partial charge is 0.376 e. The Kier molecular flexibility index (Phi) is 5.88. The van der Waals surface area contributed by atoms with Crippen LogP contribution in [0.25, 0.3) is 0 Å². The van der Waals surface area contributed by atoms with E-state index in [9.17, 15) is 4.79 Å². The van der Waals surface area contributed by atoms with Crippen molar-refractivity contribution in [3.05, 3.63) is 34.9 Å². The van der Waals surface area contributed by atoms with Gasteiger partial charge in [-0.2, -0.15) is 0 Å². The first-order valence-corrected chi connectivity index (χ1v) is 7.92. The maximum atomic E-state index is 12.1. The van der Waals surface area contributed by atoms with E-state index in [4.69, 9.17) is 16.3 Å². The molecule has 5 heteroatoms. The van der Waals surface area contributed by atoms with Gasteiger partial charge >= 0.3 is 6.03 Å². The molecule has 0 radical (unpaired) electrons. The predicted octanol–water partition coefficient (Wildman–Crippen LogP) is 3.66. The normalized spacial score (nSPS) is 20.8. The van der Waals surface area contributed by atoms with Crippen LogP contribution < -0.4 is 10.6 Å². The van der Waals surface area contributed by atoms with Crippen LogP contribution in [-0.4, -0.2) is 24.8 Å². The number of hydrogen-bond donors (Lipinski definition) is 2. The summed E-state index contributed by atoms with van der Waals surface area (Å²) in [6, 6.07) is 7.43. The zero-order valence-electron chi connectivity index (χ0n) is 12.6. The predicted molar refractivity (Wildman–Crippen MR) is 84.6 cm³/mol. The lowest BCUT2D eigenvalue weighted by Crippen LogP contribution is -2.46. The molecule has 1 aromatic carbocycles. The molecule has 0 saturated carbocycles. The van der Waals surface area contributed by atoms with Gasteiger partial charge in [0, 0.05) is 11.6 Å². The Labute approximate surface area is 131 Å². The molecule has 0 spiro atoms. The maximum absolute atomic E-state index is 12.1. The van der Waals surface area contributed by atoms with Gasteiger partial charge in [-0.1, -0.05) is 30.7 Å². The Morgan fingerprint density at radius 1 is 1.38 bits per heavy atom. The van der Waals surface area contributed by atoms with Gasteiger partial charge in [-0.05, 0) is 43.9 Å². The van der Waals surface area contributed by atoms with Gasteiger partial charge in [-0.15, -0.1) is 0 Å². The third-order valence-corrected chi connectivity index (χ3v) is 4.12. The van der Waals surface area contributed by atoms with Gasteiger partial charge in [0.15, 0.2) is 0 Å². The monoisotopic (exact) mass is 310 g/mol. The summed E-state index contributed by atoms with van der Waals surface area (Å²) in [6.45, 7) is 4.82. The van der Waals surface area contributed by atoms with Crippen molar-refractivity contribution in [2.75, 3.05) is 6.61 Å². The second-order valence-electron chi connectivity index (χ2n) is 5.47. The van der Waals surface area contributed by atoms with Crippen LogP contribution in [0.1, 0.15) is 44.7 Å². The van der Waals surface area contributed by atoms with E-state index in [-0.39, 0.29) is 24.2 Å². The van der Waals surface area contributed by atoms with E-state index >= 15 is 0 Å². The van der Waals surface area contributed by atoms with Crippen LogP contribution in [0.5, 0.6) is 0 Å². The van der Waals surface area contributed by atoms with E-state index in [2.05, 4.69) is 10.6 Å². The van der Waals surface area contributed by atoms with Crippen molar-refractivity contribution in [1.82, 2.24) is 10.6 Å². The second kappa shape index (κ2) is 7.66. The molecule has 3 atom stereocenters. The topological polar surface area (TPSA) is 50.4 Å². The fraction of sp³-hybridized carbons (Fsp3) is 0.562. The summed E-state index contributed by atoms with van der Waals surface area (Å²) >= 11 is 5.89. The molecule has 2 N–H and O–H groups in total. The van der Waals surface area contributed by atoms with Crippen molar-refractivity contribution in [2.24, 2.45) is 0 Å². The molecule has 3 unspecified atom stereocenters. The fourth-order valence-corrected chi connectivity index (χ4v) is 2.74. The van der Waals surface area contributed by atoms with Gasteiger partial charge in [0.25, 0.3) is 0 Å². The molecule has 116 valence electrons. The Morgan fingerprint density at radius 2 is 2.10 bits per heavy atom. The highest BCUT2D eigenvalue weighted by Gasteiger charge is 2.24. The molecule has 0 aromatic heterocycles. The van der Waals surface area contributed by atoms with E-state index in [1.165, 1.54) is 0 Å². The summed E-state index contributed by atoms with van der Waals surface area (Å²) in [6.07, 6.45) is 3.03. The number of nitrogens with one attached hydrogen (secondary N) is 2. The summed E-state index contributed by atoms with van der Waals surface area (Å²) in [5, 5.41) is 6.67. The molecule has 1 aliphatic heterocycles. The number of carbonyl (C=O) groups excluding carboxylic acids is 1. The highest BCUT2D eigenvalue weighted by atomic mass is 35.5. The summed E-state index contributed by atoms with van der Waals surface area (Å²) < 4.78 is 5.59. The zero-order valence-corrected chi connectivity index (χ0v) is 13.3. The smallest absolute Gasteiger partial charge is 0.315 e. The first kappa shape index (κ1) is 16.1. The van der Waals surface area contributed by atoms with Gasteiger partial charge in [0.2, 0.25) is 0 Å². The number of rotatable bonds is 5. The molecular formula is C16H23ClN2O2.